The van der Waals surface area contributed by atoms with Gasteiger partial charge >= 0.3 is 0 Å². The molecule has 5 nitrogen and oxygen atoms in total. The highest BCUT2D eigenvalue weighted by Gasteiger charge is 2.24. The molecule has 160 valence electrons. The van der Waals surface area contributed by atoms with E-state index in [-0.39, 0.29) is 11.8 Å². The molecule has 0 aliphatic carbocycles. The molecule has 0 unspecified atom stereocenters. The van der Waals surface area contributed by atoms with Crippen LogP contribution in [0.25, 0.3) is 10.2 Å². The van der Waals surface area contributed by atoms with E-state index < -0.39 is 0 Å². The molecule has 0 radical (unpaired) electrons. The standard InChI is InChI=1S/C25H21N3O2S2/c1-16-6-8-18(9-7-16)24(30)26-19-10-11-20-22(14-19)32-25(27-20)31-15-23(29)28-13-12-17-4-2-3-5-21(17)28/h2-11,14H,12-13,15H2,1H3,(H,26,30). The zero-order valence-electron chi connectivity index (χ0n) is 17.5. The van der Waals surface area contributed by atoms with Crippen molar-refractivity contribution >= 4 is 56.5 Å². The second-order valence-corrected chi connectivity index (χ2v) is 9.95. The van der Waals surface area contributed by atoms with Gasteiger partial charge in [0, 0.05) is 23.5 Å². The highest BCUT2D eigenvalue weighted by molar-refractivity contribution is 8.01. The van der Waals surface area contributed by atoms with E-state index in [4.69, 9.17) is 0 Å². The third kappa shape index (κ3) is 4.26. The van der Waals surface area contributed by atoms with E-state index >= 15 is 0 Å². The first-order chi connectivity index (χ1) is 15.6. The Kier molecular flexibility index (Phi) is 5.68. The van der Waals surface area contributed by atoms with Crippen LogP contribution in [-0.2, 0) is 11.2 Å². The number of carbonyl (C=O) groups excluding carboxylic acids is 2. The van der Waals surface area contributed by atoms with E-state index in [0.717, 1.165) is 44.5 Å². The maximum absolute atomic E-state index is 12.8. The van der Waals surface area contributed by atoms with Crippen LogP contribution in [0.2, 0.25) is 0 Å². The number of aryl methyl sites for hydroxylation is 1. The summed E-state index contributed by atoms with van der Waals surface area (Å²) in [6, 6.07) is 21.3. The number of fused-ring (bicyclic) bond motifs is 2. The number of amides is 2. The van der Waals surface area contributed by atoms with Crippen LogP contribution in [0.5, 0.6) is 0 Å². The molecule has 1 aliphatic heterocycles. The molecule has 1 aromatic heterocycles. The summed E-state index contributed by atoms with van der Waals surface area (Å²) in [5.74, 6) is 0.316. The molecular formula is C25H21N3O2S2. The van der Waals surface area contributed by atoms with Crippen molar-refractivity contribution in [3.8, 4) is 0 Å². The van der Waals surface area contributed by atoms with Gasteiger partial charge in [-0.3, -0.25) is 9.59 Å². The minimum atomic E-state index is -0.139. The van der Waals surface area contributed by atoms with Gasteiger partial charge < -0.3 is 10.2 Å². The summed E-state index contributed by atoms with van der Waals surface area (Å²) >= 11 is 3.00. The van der Waals surface area contributed by atoms with E-state index in [2.05, 4.69) is 16.4 Å². The normalized spacial score (nSPS) is 12.7. The van der Waals surface area contributed by atoms with Crippen molar-refractivity contribution in [2.24, 2.45) is 0 Å². The van der Waals surface area contributed by atoms with Crippen molar-refractivity contribution in [3.63, 3.8) is 0 Å². The van der Waals surface area contributed by atoms with Crippen LogP contribution in [0.4, 0.5) is 11.4 Å². The van der Waals surface area contributed by atoms with Crippen LogP contribution < -0.4 is 10.2 Å². The fourth-order valence-electron chi connectivity index (χ4n) is 3.75. The Morgan fingerprint density at radius 3 is 2.75 bits per heavy atom. The summed E-state index contributed by atoms with van der Waals surface area (Å²) in [4.78, 5) is 31.8. The lowest BCUT2D eigenvalue weighted by molar-refractivity contribution is -0.116. The second-order valence-electron chi connectivity index (χ2n) is 7.70. The first kappa shape index (κ1) is 20.7. The zero-order chi connectivity index (χ0) is 22.1. The predicted molar refractivity (Wildman–Crippen MR) is 132 cm³/mol. The number of nitrogens with one attached hydrogen (secondary N) is 1. The van der Waals surface area contributed by atoms with Crippen LogP contribution >= 0.6 is 23.1 Å². The fraction of sp³-hybridized carbons (Fsp3) is 0.160. The van der Waals surface area contributed by atoms with Gasteiger partial charge in [0.2, 0.25) is 5.91 Å². The lowest BCUT2D eigenvalue weighted by Crippen LogP contribution is -2.30. The van der Waals surface area contributed by atoms with E-state index in [1.807, 2.05) is 72.5 Å². The number of para-hydroxylation sites is 1. The van der Waals surface area contributed by atoms with Crippen molar-refractivity contribution in [1.29, 1.82) is 0 Å². The number of rotatable bonds is 5. The minimum Gasteiger partial charge on any atom is -0.322 e. The largest absolute Gasteiger partial charge is 0.322 e. The van der Waals surface area contributed by atoms with Crippen molar-refractivity contribution in [2.45, 2.75) is 17.7 Å². The van der Waals surface area contributed by atoms with E-state index in [9.17, 15) is 9.59 Å². The number of aromatic nitrogens is 1. The van der Waals surface area contributed by atoms with Crippen LogP contribution in [0, 0.1) is 6.92 Å². The number of thiazole rings is 1. The topological polar surface area (TPSA) is 62.3 Å². The molecule has 0 fully saturated rings. The smallest absolute Gasteiger partial charge is 0.255 e. The highest BCUT2D eigenvalue weighted by atomic mass is 32.2. The molecule has 2 heterocycles. The van der Waals surface area contributed by atoms with Crippen LogP contribution in [0.3, 0.4) is 0 Å². The number of hydrogen-bond donors (Lipinski definition) is 1. The fourth-order valence-corrected chi connectivity index (χ4v) is 5.73. The Labute approximate surface area is 194 Å². The van der Waals surface area contributed by atoms with Gasteiger partial charge in [-0.2, -0.15) is 0 Å². The van der Waals surface area contributed by atoms with Crippen LogP contribution in [0.15, 0.2) is 71.1 Å². The van der Waals surface area contributed by atoms with Gasteiger partial charge in [0.25, 0.3) is 5.91 Å². The van der Waals surface area contributed by atoms with E-state index in [1.165, 1.54) is 28.7 Å². The first-order valence-electron chi connectivity index (χ1n) is 10.4. The molecule has 4 aromatic rings. The molecule has 0 saturated heterocycles. The molecular weight excluding hydrogens is 438 g/mol. The Hall–Kier alpha value is -3.16. The van der Waals surface area contributed by atoms with E-state index in [0.29, 0.717) is 11.3 Å². The average Bonchev–Trinajstić information content (AvgIpc) is 3.41. The second kappa shape index (κ2) is 8.76. The molecule has 5 rings (SSSR count). The molecule has 0 spiro atoms. The van der Waals surface area contributed by atoms with Gasteiger partial charge in [0.15, 0.2) is 4.34 Å². The number of benzene rings is 3. The van der Waals surface area contributed by atoms with Crippen molar-refractivity contribution < 1.29 is 9.59 Å². The van der Waals surface area contributed by atoms with Gasteiger partial charge in [0.1, 0.15) is 0 Å². The van der Waals surface area contributed by atoms with Crippen molar-refractivity contribution in [3.05, 3.63) is 83.4 Å². The molecule has 32 heavy (non-hydrogen) atoms. The number of hydrogen-bond acceptors (Lipinski definition) is 5. The molecule has 7 heteroatoms. The summed E-state index contributed by atoms with van der Waals surface area (Å²) < 4.78 is 1.83. The maximum Gasteiger partial charge on any atom is 0.255 e. The Morgan fingerprint density at radius 2 is 1.91 bits per heavy atom. The van der Waals surface area contributed by atoms with Gasteiger partial charge in [-0.25, -0.2) is 4.98 Å². The van der Waals surface area contributed by atoms with Gasteiger partial charge in [-0.1, -0.05) is 47.7 Å². The predicted octanol–water partition coefficient (Wildman–Crippen LogP) is 5.54. The summed E-state index contributed by atoms with van der Waals surface area (Å²) in [7, 11) is 0. The third-order valence-corrected chi connectivity index (χ3v) is 7.59. The zero-order valence-corrected chi connectivity index (χ0v) is 19.1. The number of carbonyl (C=O) groups is 2. The average molecular weight is 460 g/mol. The molecule has 3 aromatic carbocycles. The molecule has 1 aliphatic rings. The SMILES string of the molecule is Cc1ccc(C(=O)Nc2ccc3nc(SCC(=O)N4CCc5ccccc54)sc3c2)cc1. The van der Waals surface area contributed by atoms with Crippen molar-refractivity contribution in [2.75, 3.05) is 22.5 Å². The van der Waals surface area contributed by atoms with Gasteiger partial charge in [-0.15, -0.1) is 11.3 Å². The highest BCUT2D eigenvalue weighted by Crippen LogP contribution is 2.33. The first-order valence-corrected chi connectivity index (χ1v) is 12.2. The minimum absolute atomic E-state index is 0.102. The van der Waals surface area contributed by atoms with Gasteiger partial charge in [0.05, 0.1) is 16.0 Å². The molecule has 0 saturated carbocycles. The summed E-state index contributed by atoms with van der Waals surface area (Å²) in [6.45, 7) is 2.73. The number of thioether (sulfide) groups is 1. The monoisotopic (exact) mass is 459 g/mol. The quantitative estimate of drug-likeness (QED) is 0.398. The number of anilines is 2. The maximum atomic E-state index is 12.8. The Bertz CT molecular complexity index is 1310. The lowest BCUT2D eigenvalue weighted by Gasteiger charge is -2.16. The van der Waals surface area contributed by atoms with E-state index in [1.54, 1.807) is 0 Å². The van der Waals surface area contributed by atoms with Crippen molar-refractivity contribution in [1.82, 2.24) is 4.98 Å². The third-order valence-electron chi connectivity index (χ3n) is 5.45. The lowest BCUT2D eigenvalue weighted by atomic mass is 10.1. The van der Waals surface area contributed by atoms with Crippen LogP contribution in [0.1, 0.15) is 21.5 Å². The summed E-state index contributed by atoms with van der Waals surface area (Å²) in [6.07, 6.45) is 0.908. The molecule has 2 amide bonds. The number of nitrogens with zero attached hydrogens (tertiary/aromatic N) is 2. The van der Waals surface area contributed by atoms with Crippen LogP contribution in [-0.4, -0.2) is 29.1 Å². The Morgan fingerprint density at radius 1 is 1.09 bits per heavy atom. The summed E-state index contributed by atoms with van der Waals surface area (Å²) in [5, 5.41) is 2.95. The Balaban J connectivity index is 1.25. The summed E-state index contributed by atoms with van der Waals surface area (Å²) in [5.41, 5.74) is 5.59. The van der Waals surface area contributed by atoms with Gasteiger partial charge in [-0.05, 0) is 55.3 Å². The molecule has 1 N–H and O–H groups in total. The molecule has 0 atom stereocenters. The molecule has 0 bridgehead atoms.